The van der Waals surface area contributed by atoms with Gasteiger partial charge in [0.2, 0.25) is 27.6 Å². The zero-order valence-electron chi connectivity index (χ0n) is 61.6. The minimum Gasteiger partial charge on any atom is -0.470 e. The van der Waals surface area contributed by atoms with E-state index in [-0.39, 0.29) is 124 Å². The molecule has 43 heteroatoms. The van der Waals surface area contributed by atoms with Gasteiger partial charge in [0.05, 0.1) is 80.4 Å². The molecule has 0 aromatic carbocycles. The molecular formula is C63H99N13O22S8. The SMILES string of the molecule is CCN(C(=O)C(C)OC(=O)CCC(=O)OC(CNC(C)(C)C)COc1nsnc1N1CCOCC1)[C@@H]1CN(CCCOC)S(=O)(=O)c2sc(S(N)(=O)=O)cc21.CCN[C@@H]1C[C@@H](C)S(=O)(=O)c2sc(S(=O)(=O)NC(=O)C(C)CC(=O)CCC(=O)OC(CNC(C)(C)C)COc3nsnc3N3CCOCC3)cc21. The van der Waals surface area contributed by atoms with Crippen molar-refractivity contribution in [2.45, 2.75) is 185 Å². The van der Waals surface area contributed by atoms with Gasteiger partial charge in [0, 0.05) is 120 Å². The summed E-state index contributed by atoms with van der Waals surface area (Å²) >= 11 is 3.15. The van der Waals surface area contributed by atoms with Crippen molar-refractivity contribution in [1.82, 2.24) is 47.4 Å². The van der Waals surface area contributed by atoms with E-state index in [4.69, 9.17) is 43.0 Å². The van der Waals surface area contributed by atoms with E-state index in [9.17, 15) is 62.4 Å². The van der Waals surface area contributed by atoms with Crippen LogP contribution in [0.2, 0.25) is 0 Å². The average Bonchev–Trinajstić information content (AvgIpc) is 1.55. The van der Waals surface area contributed by atoms with Crippen LogP contribution in [-0.4, -0.2) is 249 Å². The maximum absolute atomic E-state index is 13.8. The third-order valence-corrected chi connectivity index (χ3v) is 28.5. The number of sulfone groups is 1. The van der Waals surface area contributed by atoms with Gasteiger partial charge in [-0.1, -0.05) is 13.8 Å². The number of nitrogens with two attached hydrogens (primary N) is 1. The largest absolute Gasteiger partial charge is 0.470 e. The monoisotopic (exact) mass is 1650 g/mol. The van der Waals surface area contributed by atoms with Gasteiger partial charge in [0.1, 0.15) is 48.0 Å². The number of esters is 3. The number of nitrogens with one attached hydrogen (secondary N) is 4. The standard InChI is InChI=1S/C32H51N7O12S4.C31H48N6O10S4/c1-7-39(24-19-38(11-8-14-47-6)55(45,46)31-23(24)17-27(52-31)54(33,43)44)30(42)21(2)50-25(40)9-10-26(41)51-22(18-34-32(3,4)5)20-49-29-28(35-53-36-29)37-12-15-48-16-13-37;1-7-32-24-15-20(3)50(41,42)30-23(24)16-26(48-30)51(43,44)36-28(40)19(2)14-21(38)8-9-25(39)47-22(17-33-31(4,5)6)18-46-29-27(34-49-35-29)37-10-12-45-13-11-37/h17,21-22,24,34H,7-16,18-20H2,1-6H3,(H2,33,43,44);16,19-20,22,24,32-33H,7-15,17-18H2,1-6H3,(H,36,40)/t21?,22?,24-;19?,20-,22?,24-/m11/s1. The molecule has 2 fully saturated rings. The minimum atomic E-state index is -4.42. The Kier molecular flexibility index (Phi) is 31.9. The summed E-state index contributed by atoms with van der Waals surface area (Å²) in [7, 11) is -15.0. The number of hydrogen-bond donors (Lipinski definition) is 5. The highest BCUT2D eigenvalue weighted by molar-refractivity contribution is 7.96. The second-order valence-corrected chi connectivity index (χ2v) is 39.1. The molecule has 0 aliphatic carbocycles. The van der Waals surface area contributed by atoms with Crippen molar-refractivity contribution in [3.05, 3.63) is 23.3 Å². The number of likely N-dealkylation sites (N-methyl/N-ethyl adjacent to an activating group) is 1. The molecule has 7 atom stereocenters. The lowest BCUT2D eigenvalue weighted by Crippen LogP contribution is -2.49. The zero-order valence-corrected chi connectivity index (χ0v) is 68.1. The number of amides is 2. The third-order valence-electron chi connectivity index (χ3n) is 16.8. The molecule has 0 radical (unpaired) electrons. The summed E-state index contributed by atoms with van der Waals surface area (Å²) in [6.07, 6.45) is -3.66. The molecule has 8 rings (SSSR count). The van der Waals surface area contributed by atoms with Crippen molar-refractivity contribution < 1.29 is 100 Å². The molecule has 0 bridgehead atoms. The van der Waals surface area contributed by atoms with E-state index in [2.05, 4.69) is 33.4 Å². The first-order valence-corrected chi connectivity index (χ1v) is 43.7. The number of fused-ring (bicyclic) bond motifs is 2. The van der Waals surface area contributed by atoms with Gasteiger partial charge in [-0.3, -0.25) is 28.8 Å². The van der Waals surface area contributed by atoms with Crippen LogP contribution in [0, 0.1) is 5.92 Å². The fourth-order valence-corrected chi connectivity index (χ4v) is 21.6. The minimum absolute atomic E-state index is 0.00878. The van der Waals surface area contributed by atoms with Crippen molar-refractivity contribution >= 4 is 133 Å². The molecule has 106 heavy (non-hydrogen) atoms. The summed E-state index contributed by atoms with van der Waals surface area (Å²) < 4.78 is 168. The highest BCUT2D eigenvalue weighted by Gasteiger charge is 2.45. The molecule has 6 N–H and O–H groups in total. The van der Waals surface area contributed by atoms with Gasteiger partial charge in [-0.05, 0) is 93.8 Å². The summed E-state index contributed by atoms with van der Waals surface area (Å²) in [4.78, 5) is 83.5. The molecule has 2 amide bonds. The molecule has 4 aromatic heterocycles. The lowest BCUT2D eigenvalue weighted by molar-refractivity contribution is -0.162. The van der Waals surface area contributed by atoms with Crippen LogP contribution >= 0.6 is 46.1 Å². The van der Waals surface area contributed by atoms with Gasteiger partial charge < -0.3 is 68.5 Å². The molecule has 0 saturated carbocycles. The molecule has 4 aromatic rings. The summed E-state index contributed by atoms with van der Waals surface area (Å²) in [5, 5.41) is 14.4. The summed E-state index contributed by atoms with van der Waals surface area (Å²) in [6, 6.07) is 1.21. The van der Waals surface area contributed by atoms with Crippen LogP contribution in [0.5, 0.6) is 11.8 Å². The van der Waals surface area contributed by atoms with Crippen LogP contribution in [0.4, 0.5) is 11.6 Å². The Morgan fingerprint density at radius 3 is 1.71 bits per heavy atom. The van der Waals surface area contributed by atoms with Gasteiger partial charge in [-0.2, -0.15) is 13.1 Å². The van der Waals surface area contributed by atoms with Crippen LogP contribution in [0.15, 0.2) is 29.0 Å². The topological polar surface area (TPSA) is 451 Å². The van der Waals surface area contributed by atoms with Gasteiger partial charge in [0.15, 0.2) is 15.9 Å². The Hall–Kier alpha value is -5.78. The maximum Gasteiger partial charge on any atom is 0.307 e. The Balaban J connectivity index is 0.000000297. The fraction of sp³-hybridized carbons (Fsp3) is 0.714. The number of morpholine rings is 2. The van der Waals surface area contributed by atoms with E-state index in [1.165, 1.54) is 42.3 Å². The van der Waals surface area contributed by atoms with Gasteiger partial charge in [-0.15, -0.1) is 31.4 Å². The molecule has 596 valence electrons. The van der Waals surface area contributed by atoms with Gasteiger partial charge in [-0.25, -0.2) is 43.5 Å². The van der Waals surface area contributed by atoms with Crippen molar-refractivity contribution in [2.75, 3.05) is 129 Å². The molecule has 4 unspecified atom stereocenters. The Morgan fingerprint density at radius 2 is 1.22 bits per heavy atom. The number of nitrogens with zero attached hydrogens (tertiary/aromatic N) is 8. The smallest absolute Gasteiger partial charge is 0.307 e. The van der Waals surface area contributed by atoms with Gasteiger partial charge in [0.25, 0.3) is 37.7 Å². The summed E-state index contributed by atoms with van der Waals surface area (Å²) in [5.41, 5.74) is -0.103. The number of rotatable bonds is 36. The first kappa shape index (κ1) is 87.4. The number of thiophene rings is 2. The fourth-order valence-electron chi connectivity index (χ4n) is 11.2. The number of anilines is 2. The van der Waals surface area contributed by atoms with Crippen molar-refractivity contribution in [1.29, 1.82) is 0 Å². The van der Waals surface area contributed by atoms with E-state index in [1.807, 2.05) is 63.0 Å². The number of hydrogen-bond acceptors (Lipinski definition) is 35. The maximum atomic E-state index is 13.8. The molecule has 4 aliphatic rings. The number of ether oxygens (including phenoxy) is 8. The molecule has 35 nitrogen and oxygen atoms in total. The Morgan fingerprint density at radius 1 is 0.717 bits per heavy atom. The predicted molar refractivity (Wildman–Crippen MR) is 393 cm³/mol. The van der Waals surface area contributed by atoms with Crippen LogP contribution in [0.1, 0.15) is 144 Å². The molecule has 0 spiro atoms. The normalized spacial score (nSPS) is 19.4. The summed E-state index contributed by atoms with van der Waals surface area (Å²) in [6.45, 7) is 25.7. The number of Topliss-reactive ketones (excluding diaryl/α,β-unsaturated/α-hetero) is 1. The summed E-state index contributed by atoms with van der Waals surface area (Å²) in [5.74, 6) is -3.36. The number of ketones is 1. The number of sulfonamides is 3. The molecular weight excluding hydrogens is 1550 g/mol. The quantitative estimate of drug-likeness (QED) is 0.0248. The first-order chi connectivity index (χ1) is 49.8. The van der Waals surface area contributed by atoms with Crippen LogP contribution < -0.4 is 45.1 Å². The van der Waals surface area contributed by atoms with E-state index in [1.54, 1.807) is 13.8 Å². The van der Waals surface area contributed by atoms with Crippen molar-refractivity contribution in [3.63, 3.8) is 0 Å². The van der Waals surface area contributed by atoms with E-state index >= 15 is 0 Å². The molecule has 4 aliphatic heterocycles. The number of primary sulfonamides is 1. The number of methoxy groups -OCH3 is 1. The van der Waals surface area contributed by atoms with Crippen LogP contribution in [0.25, 0.3) is 0 Å². The lowest BCUT2D eigenvalue weighted by Gasteiger charge is -2.39. The molecule has 2 saturated heterocycles. The first-order valence-electron chi connectivity index (χ1n) is 34.6. The third kappa shape index (κ3) is 24.9. The van der Waals surface area contributed by atoms with Crippen molar-refractivity contribution in [2.24, 2.45) is 11.1 Å². The second-order valence-electron chi connectivity index (χ2n) is 27.6. The Labute approximate surface area is 636 Å². The van der Waals surface area contributed by atoms with Crippen LogP contribution in [0.3, 0.4) is 0 Å². The number of aromatic nitrogens is 4. The van der Waals surface area contributed by atoms with Crippen LogP contribution in [-0.2, 0) is 97.1 Å². The lowest BCUT2D eigenvalue weighted by atomic mass is 10.0. The van der Waals surface area contributed by atoms with E-state index < -0.39 is 111 Å². The van der Waals surface area contributed by atoms with E-state index in [0.29, 0.717) is 124 Å². The van der Waals surface area contributed by atoms with Gasteiger partial charge >= 0.3 is 17.9 Å². The van der Waals surface area contributed by atoms with E-state index in [0.717, 1.165) is 23.5 Å². The number of carbonyl (C=O) groups excluding carboxylic acids is 6. The highest BCUT2D eigenvalue weighted by Crippen LogP contribution is 2.44. The average molecular weight is 1650 g/mol. The highest BCUT2D eigenvalue weighted by atomic mass is 32.3. The molecule has 8 heterocycles. The zero-order chi connectivity index (χ0) is 78.1. The van der Waals surface area contributed by atoms with Crippen molar-refractivity contribution in [3.8, 4) is 11.8 Å². The number of carbonyl (C=O) groups is 6. The predicted octanol–water partition coefficient (Wildman–Crippen LogP) is 3.32. The second kappa shape index (κ2) is 38.7. The Bertz CT molecular complexity index is 4110.